The van der Waals surface area contributed by atoms with E-state index in [0.717, 1.165) is 12.8 Å². The Bertz CT molecular complexity index is 456. The first kappa shape index (κ1) is 11.2. The van der Waals surface area contributed by atoms with E-state index in [9.17, 15) is 5.11 Å². The summed E-state index contributed by atoms with van der Waals surface area (Å²) < 4.78 is 0. The van der Waals surface area contributed by atoms with Crippen molar-refractivity contribution in [1.82, 2.24) is 0 Å². The molecule has 2 aromatic carbocycles. The number of hydrogen-bond donors (Lipinski definition) is 0. The Morgan fingerprint density at radius 1 is 1.06 bits per heavy atom. The molecule has 2 rings (SSSR count). The van der Waals surface area contributed by atoms with Crippen LogP contribution >= 0.6 is 0 Å². The van der Waals surface area contributed by atoms with Crippen molar-refractivity contribution < 1.29 is 5.11 Å². The Morgan fingerprint density at radius 2 is 1.81 bits per heavy atom. The molecule has 0 fully saturated rings. The summed E-state index contributed by atoms with van der Waals surface area (Å²) in [5.41, 5.74) is 1.19. The van der Waals surface area contributed by atoms with Crippen LogP contribution in [0.3, 0.4) is 0 Å². The van der Waals surface area contributed by atoms with Gasteiger partial charge in [-0.15, -0.1) is 0 Å². The fraction of sp³-hybridized carbons (Fsp3) is 0.333. The molecule has 0 aliphatic heterocycles. The highest BCUT2D eigenvalue weighted by atomic mass is 16.3. The monoisotopic (exact) mass is 213 g/mol. The summed E-state index contributed by atoms with van der Waals surface area (Å²) in [6.45, 7) is 2.06. The molecule has 16 heavy (non-hydrogen) atoms. The molecule has 0 aliphatic carbocycles. The van der Waals surface area contributed by atoms with Gasteiger partial charge in [0.05, 0.1) is 6.10 Å². The van der Waals surface area contributed by atoms with Gasteiger partial charge in [-0.1, -0.05) is 55.8 Å². The average Bonchev–Trinajstić information content (AvgIpc) is 2.30. The molecule has 0 saturated heterocycles. The molecule has 0 N–H and O–H groups in total. The first-order chi connectivity index (χ1) is 7.81. The number of rotatable bonds is 4. The van der Waals surface area contributed by atoms with E-state index in [1.54, 1.807) is 0 Å². The zero-order valence-corrected chi connectivity index (χ0v) is 9.65. The van der Waals surface area contributed by atoms with Crippen LogP contribution in [0.15, 0.2) is 42.5 Å². The highest BCUT2D eigenvalue weighted by Gasteiger charge is 2.08. The summed E-state index contributed by atoms with van der Waals surface area (Å²) >= 11 is 0. The van der Waals surface area contributed by atoms with E-state index in [1.165, 1.54) is 16.3 Å². The van der Waals surface area contributed by atoms with Gasteiger partial charge in [0, 0.05) is 6.42 Å². The molecular weight excluding hydrogens is 196 g/mol. The summed E-state index contributed by atoms with van der Waals surface area (Å²) in [6.07, 6.45) is 1.92. The highest BCUT2D eigenvalue weighted by molar-refractivity contribution is 5.85. The van der Waals surface area contributed by atoms with Gasteiger partial charge in [-0.3, -0.25) is 0 Å². The zero-order chi connectivity index (χ0) is 11.4. The van der Waals surface area contributed by atoms with Crippen LogP contribution in [-0.2, 0) is 11.5 Å². The molecule has 1 radical (unpaired) electrons. The summed E-state index contributed by atoms with van der Waals surface area (Å²) in [4.78, 5) is 0. The number of hydrogen-bond acceptors (Lipinski definition) is 0. The van der Waals surface area contributed by atoms with Crippen LogP contribution in [-0.4, -0.2) is 6.10 Å². The van der Waals surface area contributed by atoms with Crippen molar-refractivity contribution in [2.24, 2.45) is 0 Å². The summed E-state index contributed by atoms with van der Waals surface area (Å²) in [7, 11) is 0. The van der Waals surface area contributed by atoms with E-state index in [4.69, 9.17) is 0 Å². The van der Waals surface area contributed by atoms with Crippen molar-refractivity contribution in [2.45, 2.75) is 32.3 Å². The van der Waals surface area contributed by atoms with Crippen molar-refractivity contribution >= 4 is 10.8 Å². The smallest absolute Gasteiger partial charge is 0.0970 e. The number of fused-ring (bicyclic) bond motifs is 1. The van der Waals surface area contributed by atoms with Gasteiger partial charge >= 0.3 is 0 Å². The average molecular weight is 213 g/mol. The van der Waals surface area contributed by atoms with Gasteiger partial charge in [-0.2, -0.15) is 0 Å². The molecular formula is C15H17O. The maximum Gasteiger partial charge on any atom is 0.0970 e. The second-order valence-corrected chi connectivity index (χ2v) is 4.25. The first-order valence-corrected chi connectivity index (χ1v) is 5.93. The zero-order valence-electron chi connectivity index (χ0n) is 9.65. The Kier molecular flexibility index (Phi) is 3.58. The third kappa shape index (κ3) is 2.42. The second-order valence-electron chi connectivity index (χ2n) is 4.25. The molecule has 0 saturated carbocycles. The lowest BCUT2D eigenvalue weighted by molar-refractivity contribution is 0.0812. The van der Waals surface area contributed by atoms with Gasteiger partial charge in [-0.05, 0) is 22.8 Å². The lowest BCUT2D eigenvalue weighted by Crippen LogP contribution is -2.08. The molecule has 0 aromatic heterocycles. The maximum atomic E-state index is 11.7. The normalized spacial score (nSPS) is 12.9. The predicted octanol–water partition coefficient (Wildman–Crippen LogP) is 3.98. The van der Waals surface area contributed by atoms with Gasteiger partial charge in [0.25, 0.3) is 0 Å². The lowest BCUT2D eigenvalue weighted by atomic mass is 9.98. The van der Waals surface area contributed by atoms with Gasteiger partial charge in [0.2, 0.25) is 0 Å². The van der Waals surface area contributed by atoms with Crippen molar-refractivity contribution in [3.8, 4) is 0 Å². The molecule has 1 heteroatoms. The fourth-order valence-electron chi connectivity index (χ4n) is 2.14. The van der Waals surface area contributed by atoms with Gasteiger partial charge in [0.1, 0.15) is 0 Å². The van der Waals surface area contributed by atoms with Crippen molar-refractivity contribution in [2.75, 3.05) is 0 Å². The van der Waals surface area contributed by atoms with Gasteiger partial charge in [-0.25, -0.2) is 5.11 Å². The molecule has 0 heterocycles. The minimum atomic E-state index is -0.462. The quantitative estimate of drug-likeness (QED) is 0.732. The van der Waals surface area contributed by atoms with Crippen molar-refractivity contribution in [3.05, 3.63) is 48.0 Å². The molecule has 0 amide bonds. The molecule has 2 aromatic rings. The summed E-state index contributed by atoms with van der Waals surface area (Å²) in [5, 5.41) is 14.2. The Hall–Kier alpha value is -1.34. The van der Waals surface area contributed by atoms with Crippen LogP contribution in [0.4, 0.5) is 0 Å². The van der Waals surface area contributed by atoms with Crippen molar-refractivity contribution in [3.63, 3.8) is 0 Å². The molecule has 1 unspecified atom stereocenters. The lowest BCUT2D eigenvalue weighted by Gasteiger charge is -2.09. The molecule has 83 valence electrons. The minimum Gasteiger partial charge on any atom is -0.233 e. The van der Waals surface area contributed by atoms with Crippen LogP contribution in [0.25, 0.3) is 10.8 Å². The second kappa shape index (κ2) is 5.13. The maximum absolute atomic E-state index is 11.7. The molecule has 0 aliphatic rings. The topological polar surface area (TPSA) is 19.9 Å². The van der Waals surface area contributed by atoms with Crippen LogP contribution < -0.4 is 0 Å². The molecule has 0 bridgehead atoms. The van der Waals surface area contributed by atoms with E-state index in [0.29, 0.717) is 6.42 Å². The van der Waals surface area contributed by atoms with E-state index >= 15 is 0 Å². The van der Waals surface area contributed by atoms with E-state index in [-0.39, 0.29) is 0 Å². The highest BCUT2D eigenvalue weighted by Crippen LogP contribution is 2.20. The third-order valence-corrected chi connectivity index (χ3v) is 2.94. The van der Waals surface area contributed by atoms with Gasteiger partial charge < -0.3 is 0 Å². The summed E-state index contributed by atoms with van der Waals surface area (Å²) in [5.74, 6) is 0. The van der Waals surface area contributed by atoms with Crippen LogP contribution in [0.2, 0.25) is 0 Å². The minimum absolute atomic E-state index is 0.462. The third-order valence-electron chi connectivity index (χ3n) is 2.94. The molecule has 0 spiro atoms. The van der Waals surface area contributed by atoms with Crippen molar-refractivity contribution in [1.29, 1.82) is 0 Å². The Labute approximate surface area is 96.7 Å². The Balaban J connectivity index is 2.30. The first-order valence-electron chi connectivity index (χ1n) is 5.93. The predicted molar refractivity (Wildman–Crippen MR) is 67.0 cm³/mol. The SMILES string of the molecule is CCCC([O])Cc1cccc2ccccc12. The van der Waals surface area contributed by atoms with Crippen LogP contribution in [0.1, 0.15) is 25.3 Å². The standard InChI is InChI=1S/C15H17O/c1-2-6-14(16)11-13-9-5-8-12-7-3-4-10-15(12)13/h3-5,7-10,14H,2,6,11H2,1H3. The largest absolute Gasteiger partial charge is 0.233 e. The molecule has 1 atom stereocenters. The summed E-state index contributed by atoms with van der Waals surface area (Å²) in [6, 6.07) is 14.5. The Morgan fingerprint density at radius 3 is 2.62 bits per heavy atom. The van der Waals surface area contributed by atoms with Crippen LogP contribution in [0, 0.1) is 0 Å². The van der Waals surface area contributed by atoms with E-state index < -0.39 is 6.10 Å². The van der Waals surface area contributed by atoms with E-state index in [1.807, 2.05) is 18.2 Å². The molecule has 1 nitrogen and oxygen atoms in total. The van der Waals surface area contributed by atoms with E-state index in [2.05, 4.69) is 31.2 Å². The number of benzene rings is 2. The fourth-order valence-corrected chi connectivity index (χ4v) is 2.14. The van der Waals surface area contributed by atoms with Crippen LogP contribution in [0.5, 0.6) is 0 Å². The van der Waals surface area contributed by atoms with Gasteiger partial charge in [0.15, 0.2) is 0 Å².